The van der Waals surface area contributed by atoms with Gasteiger partial charge in [-0.3, -0.25) is 0 Å². The van der Waals surface area contributed by atoms with Gasteiger partial charge in [0.1, 0.15) is 5.82 Å². The smallest absolute Gasteiger partial charge is 0.109 e. The van der Waals surface area contributed by atoms with E-state index in [1.165, 1.54) is 34.4 Å². The maximum Gasteiger partial charge on any atom is 0.109 e. The number of nitrogens with one attached hydrogen (secondary N) is 1. The summed E-state index contributed by atoms with van der Waals surface area (Å²) in [4.78, 5) is 4.87. The van der Waals surface area contributed by atoms with Gasteiger partial charge in [0.25, 0.3) is 0 Å². The van der Waals surface area contributed by atoms with Crippen LogP contribution >= 0.6 is 0 Å². The first kappa shape index (κ1) is 11.7. The first-order valence-electron chi connectivity index (χ1n) is 6.79. The predicted molar refractivity (Wildman–Crippen MR) is 74.9 cm³/mol. The van der Waals surface area contributed by atoms with E-state index in [4.69, 9.17) is 4.98 Å². The molecule has 2 heterocycles. The molecule has 1 unspecified atom stereocenters. The van der Waals surface area contributed by atoms with Crippen molar-refractivity contribution in [3.05, 3.63) is 29.1 Å². The minimum atomic E-state index is 0.752. The van der Waals surface area contributed by atoms with Crippen LogP contribution in [-0.4, -0.2) is 22.6 Å². The lowest BCUT2D eigenvalue weighted by Gasteiger charge is -2.07. The maximum atomic E-state index is 4.87. The molecule has 1 atom stereocenters. The number of aryl methyl sites for hydroxylation is 3. The summed E-state index contributed by atoms with van der Waals surface area (Å²) in [5.74, 6) is 1.98. The molecule has 3 heteroatoms. The Balaban J connectivity index is 2.02. The van der Waals surface area contributed by atoms with E-state index in [9.17, 15) is 0 Å². The van der Waals surface area contributed by atoms with E-state index in [0.29, 0.717) is 0 Å². The van der Waals surface area contributed by atoms with Crippen LogP contribution in [-0.2, 0) is 13.5 Å². The van der Waals surface area contributed by atoms with Gasteiger partial charge in [0.15, 0.2) is 0 Å². The zero-order valence-electron chi connectivity index (χ0n) is 11.5. The predicted octanol–water partition coefficient (Wildman–Crippen LogP) is 2.34. The van der Waals surface area contributed by atoms with E-state index in [1.54, 1.807) is 0 Å². The van der Waals surface area contributed by atoms with E-state index in [0.717, 1.165) is 25.4 Å². The maximum absolute atomic E-state index is 4.87. The van der Waals surface area contributed by atoms with Crippen LogP contribution in [0.25, 0.3) is 11.0 Å². The van der Waals surface area contributed by atoms with Crippen LogP contribution in [0.1, 0.15) is 23.4 Å². The van der Waals surface area contributed by atoms with Crippen LogP contribution in [0.15, 0.2) is 12.1 Å². The van der Waals surface area contributed by atoms with Crippen molar-refractivity contribution < 1.29 is 0 Å². The fourth-order valence-corrected chi connectivity index (χ4v) is 2.87. The second kappa shape index (κ2) is 4.39. The summed E-state index contributed by atoms with van der Waals surface area (Å²) in [6.07, 6.45) is 2.37. The van der Waals surface area contributed by atoms with Gasteiger partial charge >= 0.3 is 0 Å². The number of nitrogens with zero attached hydrogens (tertiary/aromatic N) is 2. The van der Waals surface area contributed by atoms with E-state index in [-0.39, 0.29) is 0 Å². The number of rotatable bonds is 2. The first-order valence-corrected chi connectivity index (χ1v) is 6.79. The molecule has 0 saturated carbocycles. The molecule has 96 valence electrons. The number of hydrogen-bond donors (Lipinski definition) is 1. The Labute approximate surface area is 108 Å². The second-order valence-electron chi connectivity index (χ2n) is 5.53. The quantitative estimate of drug-likeness (QED) is 0.877. The van der Waals surface area contributed by atoms with Gasteiger partial charge in [0, 0.05) is 13.5 Å². The lowest BCUT2D eigenvalue weighted by atomic mass is 10.0. The molecule has 18 heavy (non-hydrogen) atoms. The topological polar surface area (TPSA) is 29.9 Å². The molecular formula is C15H21N3. The minimum Gasteiger partial charge on any atom is -0.331 e. The molecule has 1 aromatic heterocycles. The van der Waals surface area contributed by atoms with Gasteiger partial charge in [-0.2, -0.15) is 0 Å². The summed E-state index contributed by atoms with van der Waals surface area (Å²) < 4.78 is 2.26. The van der Waals surface area contributed by atoms with Crippen molar-refractivity contribution in [3.8, 4) is 0 Å². The van der Waals surface area contributed by atoms with Gasteiger partial charge in [-0.1, -0.05) is 6.07 Å². The molecule has 2 aromatic rings. The van der Waals surface area contributed by atoms with Crippen LogP contribution in [0, 0.1) is 19.8 Å². The zero-order valence-corrected chi connectivity index (χ0v) is 11.5. The first-order chi connectivity index (χ1) is 8.66. The summed E-state index contributed by atoms with van der Waals surface area (Å²) in [5.41, 5.74) is 5.09. The van der Waals surface area contributed by atoms with E-state index in [2.05, 4.69) is 42.9 Å². The highest BCUT2D eigenvalue weighted by molar-refractivity contribution is 5.80. The lowest BCUT2D eigenvalue weighted by Crippen LogP contribution is -2.12. The Hall–Kier alpha value is -1.35. The van der Waals surface area contributed by atoms with Crippen molar-refractivity contribution in [2.45, 2.75) is 26.7 Å². The highest BCUT2D eigenvalue weighted by Gasteiger charge is 2.18. The van der Waals surface area contributed by atoms with Crippen molar-refractivity contribution in [2.24, 2.45) is 13.0 Å². The molecule has 0 aliphatic carbocycles. The number of fused-ring (bicyclic) bond motifs is 1. The van der Waals surface area contributed by atoms with Crippen molar-refractivity contribution >= 4 is 11.0 Å². The molecule has 1 N–H and O–H groups in total. The zero-order chi connectivity index (χ0) is 12.7. The van der Waals surface area contributed by atoms with Gasteiger partial charge in [-0.15, -0.1) is 0 Å². The molecule has 1 saturated heterocycles. The molecule has 1 fully saturated rings. The standard InChI is InChI=1S/C15H21N3/c1-10-4-5-13-15(11(10)2)17-14(18(13)3)8-12-6-7-16-9-12/h4-5,12,16H,6-9H2,1-3H3. The molecule has 0 bridgehead atoms. The van der Waals surface area contributed by atoms with Crippen molar-refractivity contribution in [3.63, 3.8) is 0 Å². The fourth-order valence-electron chi connectivity index (χ4n) is 2.87. The molecule has 3 rings (SSSR count). The average molecular weight is 243 g/mol. The monoisotopic (exact) mass is 243 g/mol. The Bertz CT molecular complexity index is 577. The molecule has 1 aliphatic rings. The Kier molecular flexibility index (Phi) is 2.86. The number of aromatic nitrogens is 2. The summed E-state index contributed by atoms with van der Waals surface area (Å²) in [6.45, 7) is 6.63. The molecule has 0 amide bonds. The van der Waals surface area contributed by atoms with Crippen molar-refractivity contribution in [2.75, 3.05) is 13.1 Å². The van der Waals surface area contributed by atoms with Crippen LogP contribution < -0.4 is 5.32 Å². The highest BCUT2D eigenvalue weighted by atomic mass is 15.1. The molecule has 1 aromatic carbocycles. The average Bonchev–Trinajstić information content (AvgIpc) is 2.95. The normalized spacial score (nSPS) is 19.8. The number of imidazole rings is 1. The van der Waals surface area contributed by atoms with Crippen molar-refractivity contribution in [1.29, 1.82) is 0 Å². The van der Waals surface area contributed by atoms with Crippen LogP contribution in [0.3, 0.4) is 0 Å². The van der Waals surface area contributed by atoms with Crippen LogP contribution in [0.5, 0.6) is 0 Å². The Morgan fingerprint density at radius 2 is 2.22 bits per heavy atom. The molecular weight excluding hydrogens is 222 g/mol. The van der Waals surface area contributed by atoms with E-state index < -0.39 is 0 Å². The SMILES string of the molecule is Cc1ccc2c(nc(CC3CCNC3)n2C)c1C. The number of benzene rings is 1. The third kappa shape index (κ3) is 1.83. The molecule has 0 radical (unpaired) electrons. The van der Waals surface area contributed by atoms with Gasteiger partial charge in [0.2, 0.25) is 0 Å². The summed E-state index contributed by atoms with van der Waals surface area (Å²) >= 11 is 0. The van der Waals surface area contributed by atoms with E-state index >= 15 is 0 Å². The summed E-state index contributed by atoms with van der Waals surface area (Å²) in [6, 6.07) is 4.39. The van der Waals surface area contributed by atoms with Gasteiger partial charge < -0.3 is 9.88 Å². The Morgan fingerprint density at radius 1 is 1.39 bits per heavy atom. The number of hydrogen-bond acceptors (Lipinski definition) is 2. The highest BCUT2D eigenvalue weighted by Crippen LogP contribution is 2.23. The van der Waals surface area contributed by atoms with Gasteiger partial charge in [-0.25, -0.2) is 4.98 Å². The lowest BCUT2D eigenvalue weighted by molar-refractivity contribution is 0.552. The van der Waals surface area contributed by atoms with Gasteiger partial charge in [-0.05, 0) is 56.5 Å². The summed E-state index contributed by atoms with van der Waals surface area (Å²) in [5, 5.41) is 3.43. The third-order valence-electron chi connectivity index (χ3n) is 4.30. The Morgan fingerprint density at radius 3 is 2.94 bits per heavy atom. The molecule has 1 aliphatic heterocycles. The van der Waals surface area contributed by atoms with Crippen LogP contribution in [0.4, 0.5) is 0 Å². The summed E-state index contributed by atoms with van der Waals surface area (Å²) in [7, 11) is 2.14. The van der Waals surface area contributed by atoms with Crippen molar-refractivity contribution in [1.82, 2.24) is 14.9 Å². The van der Waals surface area contributed by atoms with Crippen LogP contribution in [0.2, 0.25) is 0 Å². The van der Waals surface area contributed by atoms with Gasteiger partial charge in [0.05, 0.1) is 11.0 Å². The molecule has 0 spiro atoms. The third-order valence-corrected chi connectivity index (χ3v) is 4.30. The fraction of sp³-hybridized carbons (Fsp3) is 0.533. The largest absolute Gasteiger partial charge is 0.331 e. The molecule has 3 nitrogen and oxygen atoms in total. The van der Waals surface area contributed by atoms with E-state index in [1.807, 2.05) is 0 Å². The minimum absolute atomic E-state index is 0.752. The second-order valence-corrected chi connectivity index (χ2v) is 5.53.